The van der Waals surface area contributed by atoms with Gasteiger partial charge in [-0.15, -0.1) is 0 Å². The maximum absolute atomic E-state index is 11.8. The monoisotopic (exact) mass is 207 g/mol. The van der Waals surface area contributed by atoms with Gasteiger partial charge in [0.1, 0.15) is 0 Å². The van der Waals surface area contributed by atoms with E-state index < -0.39 is 6.04 Å². The standard InChI is InChI=1S/C11H17N3O/c1-14-7-9(6-13-14)11(12)10(15)5-8-3-2-4-8/h6-8,11H,2-5,12H2,1H3. The first kappa shape index (κ1) is 10.4. The first-order valence-electron chi connectivity index (χ1n) is 5.43. The summed E-state index contributed by atoms with van der Waals surface area (Å²) in [5, 5.41) is 4.02. The van der Waals surface area contributed by atoms with Gasteiger partial charge >= 0.3 is 0 Å². The number of carbonyl (C=O) groups excluding carboxylic acids is 1. The third kappa shape index (κ3) is 2.26. The zero-order chi connectivity index (χ0) is 10.8. The summed E-state index contributed by atoms with van der Waals surface area (Å²) in [5.41, 5.74) is 6.70. The molecular weight excluding hydrogens is 190 g/mol. The molecule has 0 spiro atoms. The highest BCUT2D eigenvalue weighted by Gasteiger charge is 2.24. The average molecular weight is 207 g/mol. The number of hydrogen-bond acceptors (Lipinski definition) is 3. The summed E-state index contributed by atoms with van der Waals surface area (Å²) >= 11 is 0. The molecule has 1 aliphatic carbocycles. The van der Waals surface area contributed by atoms with Gasteiger partial charge < -0.3 is 5.73 Å². The number of Topliss-reactive ketones (excluding diaryl/α,β-unsaturated/α-hetero) is 1. The minimum absolute atomic E-state index is 0.146. The summed E-state index contributed by atoms with van der Waals surface area (Å²) < 4.78 is 1.67. The molecule has 82 valence electrons. The summed E-state index contributed by atoms with van der Waals surface area (Å²) in [6.07, 6.45) is 7.75. The zero-order valence-corrected chi connectivity index (χ0v) is 9.02. The Balaban J connectivity index is 1.94. The Morgan fingerprint density at radius 1 is 1.73 bits per heavy atom. The van der Waals surface area contributed by atoms with Gasteiger partial charge in [0.15, 0.2) is 5.78 Å². The third-order valence-electron chi connectivity index (χ3n) is 3.15. The fourth-order valence-electron chi connectivity index (χ4n) is 1.90. The molecule has 2 N–H and O–H groups in total. The lowest BCUT2D eigenvalue weighted by Gasteiger charge is -2.25. The molecule has 0 radical (unpaired) electrons. The van der Waals surface area contributed by atoms with Gasteiger partial charge in [-0.3, -0.25) is 9.48 Å². The van der Waals surface area contributed by atoms with Crippen LogP contribution >= 0.6 is 0 Å². The minimum atomic E-state index is -0.487. The van der Waals surface area contributed by atoms with Crippen molar-refractivity contribution >= 4 is 5.78 Å². The lowest BCUT2D eigenvalue weighted by atomic mass is 9.80. The van der Waals surface area contributed by atoms with E-state index in [4.69, 9.17) is 5.73 Å². The molecule has 1 unspecified atom stereocenters. The van der Waals surface area contributed by atoms with Gasteiger partial charge in [0.05, 0.1) is 12.2 Å². The molecule has 4 heteroatoms. The normalized spacial score (nSPS) is 18.5. The smallest absolute Gasteiger partial charge is 0.154 e. The van der Waals surface area contributed by atoms with Crippen molar-refractivity contribution in [2.75, 3.05) is 0 Å². The van der Waals surface area contributed by atoms with Crippen LogP contribution < -0.4 is 5.73 Å². The van der Waals surface area contributed by atoms with E-state index in [0.29, 0.717) is 12.3 Å². The summed E-state index contributed by atoms with van der Waals surface area (Å²) in [6, 6.07) is -0.487. The Kier molecular flexibility index (Phi) is 2.86. The second-order valence-corrected chi connectivity index (χ2v) is 4.39. The van der Waals surface area contributed by atoms with Crippen molar-refractivity contribution in [2.45, 2.75) is 31.7 Å². The van der Waals surface area contributed by atoms with Crippen LogP contribution in [-0.2, 0) is 11.8 Å². The highest BCUT2D eigenvalue weighted by molar-refractivity contribution is 5.85. The van der Waals surface area contributed by atoms with Crippen molar-refractivity contribution in [1.29, 1.82) is 0 Å². The van der Waals surface area contributed by atoms with Crippen molar-refractivity contribution in [1.82, 2.24) is 9.78 Å². The van der Waals surface area contributed by atoms with Crippen LogP contribution in [0.2, 0.25) is 0 Å². The van der Waals surface area contributed by atoms with E-state index >= 15 is 0 Å². The van der Waals surface area contributed by atoms with Crippen LogP contribution in [0.4, 0.5) is 0 Å². The van der Waals surface area contributed by atoms with Crippen LogP contribution in [0, 0.1) is 5.92 Å². The van der Waals surface area contributed by atoms with Gasteiger partial charge in [0.2, 0.25) is 0 Å². The summed E-state index contributed by atoms with van der Waals surface area (Å²) in [7, 11) is 1.83. The number of ketones is 1. The third-order valence-corrected chi connectivity index (χ3v) is 3.15. The van der Waals surface area contributed by atoms with Gasteiger partial charge in [-0.1, -0.05) is 19.3 Å². The predicted molar refractivity (Wildman–Crippen MR) is 57.1 cm³/mol. The number of aromatic nitrogens is 2. The number of nitrogens with zero attached hydrogens (tertiary/aromatic N) is 2. The number of hydrogen-bond donors (Lipinski definition) is 1. The Labute approximate surface area is 89.5 Å². The first-order valence-corrected chi connectivity index (χ1v) is 5.43. The van der Waals surface area contributed by atoms with E-state index in [9.17, 15) is 4.79 Å². The van der Waals surface area contributed by atoms with Crippen molar-refractivity contribution in [2.24, 2.45) is 18.7 Å². The van der Waals surface area contributed by atoms with Crippen LogP contribution in [0.3, 0.4) is 0 Å². The van der Waals surface area contributed by atoms with Gasteiger partial charge in [0, 0.05) is 25.2 Å². The quantitative estimate of drug-likeness (QED) is 0.806. The molecule has 1 aromatic rings. The molecule has 1 saturated carbocycles. The van der Waals surface area contributed by atoms with E-state index in [2.05, 4.69) is 5.10 Å². The molecule has 1 heterocycles. The molecule has 0 aliphatic heterocycles. The van der Waals surface area contributed by atoms with Crippen molar-refractivity contribution in [3.63, 3.8) is 0 Å². The Bertz CT molecular complexity index is 354. The largest absolute Gasteiger partial charge is 0.318 e. The molecule has 4 nitrogen and oxygen atoms in total. The number of rotatable bonds is 4. The molecule has 1 fully saturated rings. The Morgan fingerprint density at radius 2 is 2.47 bits per heavy atom. The van der Waals surface area contributed by atoms with Crippen molar-refractivity contribution < 1.29 is 4.79 Å². The molecule has 0 aromatic carbocycles. The fourth-order valence-corrected chi connectivity index (χ4v) is 1.90. The predicted octanol–water partition coefficient (Wildman–Crippen LogP) is 1.18. The Hall–Kier alpha value is -1.16. The minimum Gasteiger partial charge on any atom is -0.318 e. The van der Waals surface area contributed by atoms with E-state index in [1.165, 1.54) is 19.3 Å². The first-order chi connectivity index (χ1) is 7.16. The number of nitrogens with two attached hydrogens (primary N) is 1. The van der Waals surface area contributed by atoms with E-state index in [0.717, 1.165) is 5.56 Å². The number of aryl methyl sites for hydroxylation is 1. The van der Waals surface area contributed by atoms with Crippen molar-refractivity contribution in [3.8, 4) is 0 Å². The molecule has 0 saturated heterocycles. The molecule has 0 bridgehead atoms. The maximum atomic E-state index is 11.8. The van der Waals surface area contributed by atoms with Gasteiger partial charge in [-0.05, 0) is 5.92 Å². The van der Waals surface area contributed by atoms with Crippen LogP contribution in [0.15, 0.2) is 12.4 Å². The molecule has 1 aliphatic rings. The molecular formula is C11H17N3O. The summed E-state index contributed by atoms with van der Waals surface area (Å²) in [4.78, 5) is 11.8. The molecule has 15 heavy (non-hydrogen) atoms. The van der Waals surface area contributed by atoms with Crippen LogP contribution in [0.1, 0.15) is 37.3 Å². The van der Waals surface area contributed by atoms with E-state index in [1.54, 1.807) is 10.9 Å². The molecule has 1 aromatic heterocycles. The second kappa shape index (κ2) is 4.14. The highest BCUT2D eigenvalue weighted by Crippen LogP contribution is 2.31. The van der Waals surface area contributed by atoms with Crippen molar-refractivity contribution in [3.05, 3.63) is 18.0 Å². The molecule has 0 amide bonds. The SMILES string of the molecule is Cn1cc(C(N)C(=O)CC2CCC2)cn1. The van der Waals surface area contributed by atoms with Crippen LogP contribution in [0.5, 0.6) is 0 Å². The lowest BCUT2D eigenvalue weighted by molar-refractivity contribution is -0.121. The molecule has 1 atom stereocenters. The van der Waals surface area contributed by atoms with Gasteiger partial charge in [0.25, 0.3) is 0 Å². The van der Waals surface area contributed by atoms with Crippen LogP contribution in [0.25, 0.3) is 0 Å². The van der Waals surface area contributed by atoms with E-state index in [1.807, 2.05) is 13.2 Å². The highest BCUT2D eigenvalue weighted by atomic mass is 16.1. The van der Waals surface area contributed by atoms with Gasteiger partial charge in [-0.25, -0.2) is 0 Å². The Morgan fingerprint density at radius 3 is 2.93 bits per heavy atom. The lowest BCUT2D eigenvalue weighted by Crippen LogP contribution is -2.25. The summed E-state index contributed by atoms with van der Waals surface area (Å²) in [5.74, 6) is 0.730. The average Bonchev–Trinajstić information content (AvgIpc) is 2.56. The summed E-state index contributed by atoms with van der Waals surface area (Å²) in [6.45, 7) is 0. The van der Waals surface area contributed by atoms with E-state index in [-0.39, 0.29) is 5.78 Å². The topological polar surface area (TPSA) is 60.9 Å². The van der Waals surface area contributed by atoms with Gasteiger partial charge in [-0.2, -0.15) is 5.10 Å². The molecule has 2 rings (SSSR count). The van der Waals surface area contributed by atoms with Crippen LogP contribution in [-0.4, -0.2) is 15.6 Å². The fraction of sp³-hybridized carbons (Fsp3) is 0.636. The number of carbonyl (C=O) groups is 1. The maximum Gasteiger partial charge on any atom is 0.154 e. The second-order valence-electron chi connectivity index (χ2n) is 4.39. The zero-order valence-electron chi connectivity index (χ0n) is 9.02.